The summed E-state index contributed by atoms with van der Waals surface area (Å²) < 4.78 is 0. The SMILES string of the molecule is CC(=O)O.O=CC1CCNCC1. The van der Waals surface area contributed by atoms with Crippen LogP contribution in [0, 0.1) is 5.92 Å². The lowest BCUT2D eigenvalue weighted by Crippen LogP contribution is -2.28. The number of carbonyl (C=O) groups is 2. The smallest absolute Gasteiger partial charge is 0.300 e. The molecule has 12 heavy (non-hydrogen) atoms. The number of hydrogen-bond acceptors (Lipinski definition) is 3. The van der Waals surface area contributed by atoms with E-state index < -0.39 is 5.97 Å². The lowest BCUT2D eigenvalue weighted by Gasteiger charge is -2.16. The fourth-order valence-electron chi connectivity index (χ4n) is 0.980. The van der Waals surface area contributed by atoms with Crippen LogP contribution < -0.4 is 5.32 Å². The molecule has 70 valence electrons. The van der Waals surface area contributed by atoms with Crippen molar-refractivity contribution < 1.29 is 14.7 Å². The number of piperidine rings is 1. The third-order valence-electron chi connectivity index (χ3n) is 1.58. The van der Waals surface area contributed by atoms with Crippen molar-refractivity contribution in [2.45, 2.75) is 19.8 Å². The molecule has 1 saturated heterocycles. The number of aliphatic carboxylic acids is 1. The largest absolute Gasteiger partial charge is 0.481 e. The minimum absolute atomic E-state index is 0.344. The Kier molecular flexibility index (Phi) is 6.28. The molecular formula is C8H15NO3. The van der Waals surface area contributed by atoms with E-state index in [4.69, 9.17) is 9.90 Å². The maximum Gasteiger partial charge on any atom is 0.300 e. The third kappa shape index (κ3) is 7.21. The molecule has 0 radical (unpaired) electrons. The summed E-state index contributed by atoms with van der Waals surface area (Å²) in [6, 6.07) is 0. The van der Waals surface area contributed by atoms with Gasteiger partial charge in [0.2, 0.25) is 0 Å². The van der Waals surface area contributed by atoms with Gasteiger partial charge in [0, 0.05) is 12.8 Å². The molecule has 2 N–H and O–H groups in total. The molecule has 0 unspecified atom stereocenters. The highest BCUT2D eigenvalue weighted by atomic mass is 16.4. The van der Waals surface area contributed by atoms with E-state index >= 15 is 0 Å². The van der Waals surface area contributed by atoms with Crippen LogP contribution in [0.25, 0.3) is 0 Å². The van der Waals surface area contributed by atoms with Crippen LogP contribution in [0.1, 0.15) is 19.8 Å². The number of nitrogens with one attached hydrogen (secondary N) is 1. The summed E-state index contributed by atoms with van der Waals surface area (Å²) in [5.41, 5.74) is 0. The molecule has 0 atom stereocenters. The Morgan fingerprint density at radius 3 is 2.17 bits per heavy atom. The molecule has 0 saturated carbocycles. The van der Waals surface area contributed by atoms with Crippen LogP contribution in [0.3, 0.4) is 0 Å². The minimum atomic E-state index is -0.833. The third-order valence-corrected chi connectivity index (χ3v) is 1.58. The molecule has 4 heteroatoms. The van der Waals surface area contributed by atoms with E-state index in [1.54, 1.807) is 0 Å². The maximum atomic E-state index is 10.1. The predicted octanol–water partition coefficient (Wildman–Crippen LogP) is 0.276. The second-order valence-electron chi connectivity index (χ2n) is 2.74. The van der Waals surface area contributed by atoms with E-state index in [-0.39, 0.29) is 0 Å². The minimum Gasteiger partial charge on any atom is -0.481 e. The van der Waals surface area contributed by atoms with Gasteiger partial charge < -0.3 is 15.2 Å². The summed E-state index contributed by atoms with van der Waals surface area (Å²) in [6.07, 6.45) is 3.13. The van der Waals surface area contributed by atoms with Crippen molar-refractivity contribution in [3.63, 3.8) is 0 Å². The Morgan fingerprint density at radius 1 is 1.50 bits per heavy atom. The van der Waals surface area contributed by atoms with Crippen molar-refractivity contribution in [2.24, 2.45) is 5.92 Å². The molecule has 0 aromatic rings. The van der Waals surface area contributed by atoms with Crippen LogP contribution >= 0.6 is 0 Å². The summed E-state index contributed by atoms with van der Waals surface area (Å²) in [6.45, 7) is 3.12. The average Bonchev–Trinajstić information content (AvgIpc) is 2.05. The number of aldehydes is 1. The zero-order chi connectivity index (χ0) is 9.40. The highest BCUT2D eigenvalue weighted by molar-refractivity contribution is 5.62. The number of carbonyl (C=O) groups excluding carboxylic acids is 1. The Labute approximate surface area is 72.0 Å². The van der Waals surface area contributed by atoms with Gasteiger partial charge in [-0.15, -0.1) is 0 Å². The number of rotatable bonds is 1. The van der Waals surface area contributed by atoms with E-state index in [1.165, 1.54) is 0 Å². The summed E-state index contributed by atoms with van der Waals surface area (Å²) in [5.74, 6) is -0.490. The second-order valence-corrected chi connectivity index (χ2v) is 2.74. The van der Waals surface area contributed by atoms with Gasteiger partial charge in [0.15, 0.2) is 0 Å². The van der Waals surface area contributed by atoms with Crippen LogP contribution in [0.2, 0.25) is 0 Å². The first-order chi connectivity index (χ1) is 5.66. The first-order valence-corrected chi connectivity index (χ1v) is 4.02. The van der Waals surface area contributed by atoms with Crippen LogP contribution in [0.15, 0.2) is 0 Å². The molecule has 1 heterocycles. The quantitative estimate of drug-likeness (QED) is 0.559. The highest BCUT2D eigenvalue weighted by Gasteiger charge is 2.09. The van der Waals surface area contributed by atoms with E-state index in [9.17, 15) is 4.79 Å². The van der Waals surface area contributed by atoms with Gasteiger partial charge in [0.25, 0.3) is 5.97 Å². The van der Waals surface area contributed by atoms with Crippen molar-refractivity contribution in [3.8, 4) is 0 Å². The number of hydrogen-bond donors (Lipinski definition) is 2. The van der Waals surface area contributed by atoms with Gasteiger partial charge in [-0.25, -0.2) is 0 Å². The lowest BCUT2D eigenvalue weighted by atomic mass is 10.0. The Hall–Kier alpha value is -0.900. The number of carboxylic acids is 1. The Morgan fingerprint density at radius 2 is 1.92 bits per heavy atom. The second kappa shape index (κ2) is 6.79. The van der Waals surface area contributed by atoms with E-state index in [1.807, 2.05) is 0 Å². The standard InChI is InChI=1S/C6H11NO.C2H4O2/c8-5-6-1-3-7-4-2-6;1-2(3)4/h5-7H,1-4H2;1H3,(H,3,4). The fourth-order valence-corrected chi connectivity index (χ4v) is 0.980. The van der Waals surface area contributed by atoms with E-state index in [0.717, 1.165) is 39.1 Å². The van der Waals surface area contributed by atoms with Crippen LogP contribution in [0.4, 0.5) is 0 Å². The van der Waals surface area contributed by atoms with Crippen molar-refractivity contribution in [1.82, 2.24) is 5.32 Å². The van der Waals surface area contributed by atoms with Crippen molar-refractivity contribution in [3.05, 3.63) is 0 Å². The average molecular weight is 173 g/mol. The molecule has 1 aliphatic rings. The first kappa shape index (κ1) is 11.1. The molecule has 4 nitrogen and oxygen atoms in total. The van der Waals surface area contributed by atoms with Crippen molar-refractivity contribution in [2.75, 3.05) is 13.1 Å². The Bertz CT molecular complexity index is 137. The summed E-state index contributed by atoms with van der Waals surface area (Å²) in [7, 11) is 0. The lowest BCUT2D eigenvalue weighted by molar-refractivity contribution is -0.134. The first-order valence-electron chi connectivity index (χ1n) is 4.02. The predicted molar refractivity (Wildman–Crippen MR) is 45.0 cm³/mol. The van der Waals surface area contributed by atoms with Gasteiger partial charge in [0.1, 0.15) is 6.29 Å². The zero-order valence-corrected chi connectivity index (χ0v) is 7.25. The highest BCUT2D eigenvalue weighted by Crippen LogP contribution is 2.06. The number of carboxylic acid groups (broad SMARTS) is 1. The van der Waals surface area contributed by atoms with Gasteiger partial charge in [-0.05, 0) is 25.9 Å². The van der Waals surface area contributed by atoms with Crippen LogP contribution in [-0.4, -0.2) is 30.5 Å². The molecule has 1 aliphatic heterocycles. The van der Waals surface area contributed by atoms with Crippen LogP contribution in [0.5, 0.6) is 0 Å². The van der Waals surface area contributed by atoms with Gasteiger partial charge in [-0.1, -0.05) is 0 Å². The monoisotopic (exact) mass is 173 g/mol. The van der Waals surface area contributed by atoms with Crippen LogP contribution in [-0.2, 0) is 9.59 Å². The molecule has 0 aliphatic carbocycles. The molecule has 0 amide bonds. The summed E-state index contributed by atoms with van der Waals surface area (Å²) in [4.78, 5) is 19.1. The molecule has 1 fully saturated rings. The zero-order valence-electron chi connectivity index (χ0n) is 7.25. The molecule has 0 bridgehead atoms. The molecule has 0 spiro atoms. The summed E-state index contributed by atoms with van der Waals surface area (Å²) in [5, 5.41) is 10.6. The van der Waals surface area contributed by atoms with Gasteiger partial charge in [0.05, 0.1) is 0 Å². The molecule has 0 aromatic carbocycles. The van der Waals surface area contributed by atoms with Gasteiger partial charge >= 0.3 is 0 Å². The Balaban J connectivity index is 0.000000261. The van der Waals surface area contributed by atoms with Gasteiger partial charge in [-0.3, -0.25) is 4.79 Å². The normalized spacial score (nSPS) is 17.4. The summed E-state index contributed by atoms with van der Waals surface area (Å²) >= 11 is 0. The molecule has 0 aromatic heterocycles. The van der Waals surface area contributed by atoms with Crippen molar-refractivity contribution >= 4 is 12.3 Å². The topological polar surface area (TPSA) is 66.4 Å². The molecule has 1 rings (SSSR count). The van der Waals surface area contributed by atoms with Gasteiger partial charge in [-0.2, -0.15) is 0 Å². The van der Waals surface area contributed by atoms with E-state index in [2.05, 4.69) is 5.32 Å². The molecular weight excluding hydrogens is 158 g/mol. The fraction of sp³-hybridized carbons (Fsp3) is 0.750. The maximum absolute atomic E-state index is 10.1. The van der Waals surface area contributed by atoms with E-state index in [0.29, 0.717) is 5.92 Å². The van der Waals surface area contributed by atoms with Crippen molar-refractivity contribution in [1.29, 1.82) is 0 Å².